The number of primary amides is 1. The van der Waals surface area contributed by atoms with Gasteiger partial charge in [-0.25, -0.2) is 14.0 Å². The van der Waals surface area contributed by atoms with E-state index in [0.29, 0.717) is 19.0 Å². The van der Waals surface area contributed by atoms with Gasteiger partial charge in [0.2, 0.25) is 0 Å². The zero-order valence-corrected chi connectivity index (χ0v) is 15.7. The molecule has 1 aromatic rings. The largest absolute Gasteiger partial charge is 0.462 e. The van der Waals surface area contributed by atoms with Crippen molar-refractivity contribution in [1.82, 2.24) is 0 Å². The van der Waals surface area contributed by atoms with Gasteiger partial charge < -0.3 is 15.4 Å². The van der Waals surface area contributed by atoms with Gasteiger partial charge in [0.15, 0.2) is 0 Å². The predicted molar refractivity (Wildman–Crippen MR) is 98.4 cm³/mol. The van der Waals surface area contributed by atoms with Crippen LogP contribution in [0.15, 0.2) is 6.07 Å². The van der Waals surface area contributed by atoms with Gasteiger partial charge in [-0.3, -0.25) is 4.90 Å². The van der Waals surface area contributed by atoms with E-state index in [1.807, 2.05) is 4.90 Å². The van der Waals surface area contributed by atoms with Crippen molar-refractivity contribution in [3.05, 3.63) is 22.5 Å². The highest BCUT2D eigenvalue weighted by Gasteiger charge is 2.39. The number of carbonyl (C=O) groups is 2. The van der Waals surface area contributed by atoms with Crippen molar-refractivity contribution in [3.8, 4) is 0 Å². The highest BCUT2D eigenvalue weighted by atomic mass is 35.5. The molecule has 0 radical (unpaired) electrons. The standard InChI is InChI=1S/C18H23ClFN3O3/c1-3-26-17(24)12-8-13(20)16(22-7-6-10(2)9-22)14(19)15(12)23(18(21)25)11-4-5-11/h8,10-11H,3-7,9H2,1-2H3,(H2,21,25)/t10-/m0/s1. The number of benzene rings is 1. The van der Waals surface area contributed by atoms with Gasteiger partial charge in [0.1, 0.15) is 5.82 Å². The van der Waals surface area contributed by atoms with Crippen LogP contribution < -0.4 is 15.5 Å². The third-order valence-electron chi connectivity index (χ3n) is 4.79. The van der Waals surface area contributed by atoms with Crippen LogP contribution in [0.3, 0.4) is 0 Å². The summed E-state index contributed by atoms with van der Waals surface area (Å²) in [6.07, 6.45) is 2.44. The first-order chi connectivity index (χ1) is 12.3. The molecule has 1 atom stereocenters. The number of anilines is 2. The number of carbonyl (C=O) groups excluding carboxylic acids is 2. The minimum Gasteiger partial charge on any atom is -0.462 e. The summed E-state index contributed by atoms with van der Waals surface area (Å²) < 4.78 is 19.9. The SMILES string of the molecule is CCOC(=O)c1cc(F)c(N2CC[C@H](C)C2)c(Cl)c1N(C(N)=O)C1CC1. The molecule has 1 aliphatic heterocycles. The first kappa shape index (κ1) is 18.8. The molecule has 2 amide bonds. The molecule has 0 spiro atoms. The molecule has 0 bridgehead atoms. The Morgan fingerprint density at radius 1 is 1.42 bits per heavy atom. The monoisotopic (exact) mass is 383 g/mol. The van der Waals surface area contributed by atoms with Crippen molar-refractivity contribution < 1.29 is 18.7 Å². The van der Waals surface area contributed by atoms with Crippen molar-refractivity contribution in [2.24, 2.45) is 11.7 Å². The summed E-state index contributed by atoms with van der Waals surface area (Å²) in [5, 5.41) is 0.0350. The van der Waals surface area contributed by atoms with E-state index in [9.17, 15) is 14.0 Å². The topological polar surface area (TPSA) is 75.9 Å². The van der Waals surface area contributed by atoms with Gasteiger partial charge in [0, 0.05) is 19.1 Å². The predicted octanol–water partition coefficient (Wildman–Crippen LogP) is 3.55. The van der Waals surface area contributed by atoms with Crippen LogP contribution in [-0.2, 0) is 4.74 Å². The molecule has 6 nitrogen and oxygen atoms in total. The molecule has 1 saturated heterocycles. The Morgan fingerprint density at radius 2 is 2.12 bits per heavy atom. The number of amides is 2. The molecule has 1 saturated carbocycles. The Morgan fingerprint density at radius 3 is 2.62 bits per heavy atom. The maximum atomic E-state index is 14.9. The average molecular weight is 384 g/mol. The highest BCUT2D eigenvalue weighted by Crippen LogP contribution is 2.45. The quantitative estimate of drug-likeness (QED) is 0.789. The summed E-state index contributed by atoms with van der Waals surface area (Å²) in [4.78, 5) is 27.6. The lowest BCUT2D eigenvalue weighted by molar-refractivity contribution is 0.0526. The van der Waals surface area contributed by atoms with Crippen LogP contribution in [0, 0.1) is 11.7 Å². The summed E-state index contributed by atoms with van der Waals surface area (Å²) in [6, 6.07) is 0.261. The van der Waals surface area contributed by atoms with Gasteiger partial charge in [0.05, 0.1) is 28.6 Å². The van der Waals surface area contributed by atoms with E-state index in [1.165, 1.54) is 4.90 Å². The molecule has 1 aliphatic carbocycles. The number of rotatable bonds is 5. The minimum absolute atomic E-state index is 0.0350. The second-order valence-corrected chi connectivity index (χ2v) is 7.29. The highest BCUT2D eigenvalue weighted by molar-refractivity contribution is 6.37. The molecule has 0 unspecified atom stereocenters. The van der Waals surface area contributed by atoms with E-state index in [-0.39, 0.29) is 34.6 Å². The van der Waals surface area contributed by atoms with Gasteiger partial charge in [-0.15, -0.1) is 0 Å². The van der Waals surface area contributed by atoms with E-state index >= 15 is 0 Å². The van der Waals surface area contributed by atoms with Crippen molar-refractivity contribution in [3.63, 3.8) is 0 Å². The fraction of sp³-hybridized carbons (Fsp3) is 0.556. The maximum absolute atomic E-state index is 14.9. The average Bonchev–Trinajstić information content (AvgIpc) is 3.31. The van der Waals surface area contributed by atoms with Crippen LogP contribution >= 0.6 is 11.6 Å². The molecule has 1 aromatic carbocycles. The number of esters is 1. The third kappa shape index (κ3) is 3.45. The molecule has 8 heteroatoms. The van der Waals surface area contributed by atoms with Crippen LogP contribution in [-0.4, -0.2) is 37.7 Å². The van der Waals surface area contributed by atoms with Crippen LogP contribution in [0.5, 0.6) is 0 Å². The van der Waals surface area contributed by atoms with Gasteiger partial charge in [-0.05, 0) is 38.2 Å². The molecule has 2 aliphatic rings. The van der Waals surface area contributed by atoms with Crippen molar-refractivity contribution in [2.75, 3.05) is 29.5 Å². The van der Waals surface area contributed by atoms with Crippen molar-refractivity contribution in [2.45, 2.75) is 39.2 Å². The van der Waals surface area contributed by atoms with Crippen LogP contribution in [0.25, 0.3) is 0 Å². The Balaban J connectivity index is 2.16. The number of ether oxygens (including phenoxy) is 1. The maximum Gasteiger partial charge on any atom is 0.340 e. The number of halogens is 2. The summed E-state index contributed by atoms with van der Waals surface area (Å²) in [6.45, 7) is 5.19. The Labute approximate surface area is 157 Å². The molecule has 1 heterocycles. The van der Waals surface area contributed by atoms with Crippen molar-refractivity contribution in [1.29, 1.82) is 0 Å². The van der Waals surface area contributed by atoms with Gasteiger partial charge in [-0.2, -0.15) is 0 Å². The number of hydrogen-bond acceptors (Lipinski definition) is 4. The Bertz CT molecular complexity index is 739. The number of urea groups is 1. The molecule has 2 N–H and O–H groups in total. The Kier molecular flexibility index (Phi) is 5.27. The molecule has 2 fully saturated rings. The fourth-order valence-corrected chi connectivity index (χ4v) is 3.83. The summed E-state index contributed by atoms with van der Waals surface area (Å²) >= 11 is 6.56. The first-order valence-corrected chi connectivity index (χ1v) is 9.25. The zero-order chi connectivity index (χ0) is 19.0. The lowest BCUT2D eigenvalue weighted by atomic mass is 10.1. The van der Waals surface area contributed by atoms with Gasteiger partial charge >= 0.3 is 12.0 Å². The van der Waals surface area contributed by atoms with E-state index < -0.39 is 17.8 Å². The van der Waals surface area contributed by atoms with Crippen LogP contribution in [0.2, 0.25) is 5.02 Å². The summed E-state index contributed by atoms with van der Waals surface area (Å²) in [5.74, 6) is -0.915. The summed E-state index contributed by atoms with van der Waals surface area (Å²) in [7, 11) is 0. The normalized spacial score (nSPS) is 19.5. The van der Waals surface area contributed by atoms with E-state index in [1.54, 1.807) is 6.92 Å². The lowest BCUT2D eigenvalue weighted by Crippen LogP contribution is -2.39. The lowest BCUT2D eigenvalue weighted by Gasteiger charge is -2.28. The molecule has 26 heavy (non-hydrogen) atoms. The number of hydrogen-bond donors (Lipinski definition) is 1. The van der Waals surface area contributed by atoms with Crippen LogP contribution in [0.4, 0.5) is 20.6 Å². The number of nitrogens with zero attached hydrogens (tertiary/aromatic N) is 2. The molecule has 142 valence electrons. The van der Waals surface area contributed by atoms with Gasteiger partial charge in [0.25, 0.3) is 0 Å². The first-order valence-electron chi connectivity index (χ1n) is 8.87. The third-order valence-corrected chi connectivity index (χ3v) is 5.15. The Hall–Kier alpha value is -2.02. The smallest absolute Gasteiger partial charge is 0.340 e. The minimum atomic E-state index is -0.725. The van der Waals surface area contributed by atoms with E-state index in [0.717, 1.165) is 25.3 Å². The van der Waals surface area contributed by atoms with E-state index in [2.05, 4.69) is 6.92 Å². The molecular weight excluding hydrogens is 361 g/mol. The number of nitrogens with two attached hydrogens (primary N) is 1. The molecule has 0 aromatic heterocycles. The van der Waals surface area contributed by atoms with Crippen molar-refractivity contribution >= 4 is 35.0 Å². The van der Waals surface area contributed by atoms with Crippen LogP contribution in [0.1, 0.15) is 43.5 Å². The molecular formula is C18H23ClFN3O3. The summed E-state index contributed by atoms with van der Waals surface area (Å²) in [5.41, 5.74) is 5.84. The fourth-order valence-electron chi connectivity index (χ4n) is 3.43. The zero-order valence-electron chi connectivity index (χ0n) is 14.9. The van der Waals surface area contributed by atoms with E-state index in [4.69, 9.17) is 22.1 Å². The second-order valence-electron chi connectivity index (χ2n) is 6.92. The second kappa shape index (κ2) is 7.31. The molecule has 3 rings (SSSR count). The van der Waals surface area contributed by atoms with Gasteiger partial charge in [-0.1, -0.05) is 18.5 Å².